The van der Waals surface area contributed by atoms with Gasteiger partial charge in [-0.25, -0.2) is 18.4 Å². The Kier molecular flexibility index (Phi) is 5.34. The van der Waals surface area contributed by atoms with Crippen LogP contribution in [0.3, 0.4) is 0 Å². The number of imidazole rings is 1. The summed E-state index contributed by atoms with van der Waals surface area (Å²) < 4.78 is 68.6. The summed E-state index contributed by atoms with van der Waals surface area (Å²) in [5, 5.41) is 9.18. The van der Waals surface area contributed by atoms with Crippen LogP contribution in [0.25, 0.3) is 16.9 Å². The molecule has 1 aliphatic heterocycles. The molecule has 0 amide bonds. The second-order valence-corrected chi connectivity index (χ2v) is 9.59. The fraction of sp³-hybridized carbons (Fsp3) is 0.350. The molecule has 1 aliphatic rings. The van der Waals surface area contributed by atoms with Crippen molar-refractivity contribution in [1.29, 1.82) is 5.26 Å². The first-order chi connectivity index (χ1) is 15.0. The minimum absolute atomic E-state index is 0.00953. The third kappa shape index (κ3) is 3.78. The van der Waals surface area contributed by atoms with E-state index < -0.39 is 21.9 Å². The van der Waals surface area contributed by atoms with E-state index in [4.69, 9.17) is 5.73 Å². The number of aryl methyl sites for hydroxylation is 1. The first-order valence-electron chi connectivity index (χ1n) is 9.74. The molecule has 3 heterocycles. The van der Waals surface area contributed by atoms with Gasteiger partial charge in [0.2, 0.25) is 10.0 Å². The van der Waals surface area contributed by atoms with Crippen LogP contribution >= 0.6 is 0 Å². The van der Waals surface area contributed by atoms with Crippen molar-refractivity contribution in [3.63, 3.8) is 0 Å². The number of hydrogen-bond acceptors (Lipinski definition) is 6. The molecule has 168 valence electrons. The van der Waals surface area contributed by atoms with Crippen molar-refractivity contribution in [1.82, 2.24) is 18.7 Å². The minimum Gasteiger partial charge on any atom is -0.381 e. The lowest BCUT2D eigenvalue weighted by Gasteiger charge is -2.29. The van der Waals surface area contributed by atoms with Crippen molar-refractivity contribution in [2.45, 2.75) is 30.8 Å². The molecule has 1 fully saturated rings. The molecular weight excluding hydrogens is 445 g/mol. The molecule has 8 nitrogen and oxygen atoms in total. The molecule has 0 radical (unpaired) electrons. The maximum absolute atomic E-state index is 13.2. The van der Waals surface area contributed by atoms with Gasteiger partial charge in [0.15, 0.2) is 17.2 Å². The number of hydrogen-bond donors (Lipinski definition) is 1. The smallest absolute Gasteiger partial charge is 0.381 e. The number of sulfonamides is 1. The summed E-state index contributed by atoms with van der Waals surface area (Å²) in [6, 6.07) is 6.56. The van der Waals surface area contributed by atoms with Crippen LogP contribution in [0.2, 0.25) is 0 Å². The molecule has 0 saturated carbocycles. The van der Waals surface area contributed by atoms with Crippen molar-refractivity contribution in [2.75, 3.05) is 18.8 Å². The van der Waals surface area contributed by atoms with Crippen molar-refractivity contribution >= 4 is 21.5 Å². The standard InChI is InChI=1S/C20H19F3N6O2S/c1-12-4-5-14(32(30,31)28-6-2-3-13(8-24)10-28)7-15(12)16-9-26-19-18(25)27-17(11-29(16)19)20(21,22)23/h4-5,7,9,11,13H,2-3,6,10H2,1H3,(H2,25,27). The van der Waals surface area contributed by atoms with Crippen LogP contribution in [0.15, 0.2) is 35.5 Å². The third-order valence-corrected chi connectivity index (χ3v) is 7.36. The van der Waals surface area contributed by atoms with Gasteiger partial charge in [-0.15, -0.1) is 0 Å². The molecule has 0 spiro atoms. The maximum Gasteiger partial charge on any atom is 0.434 e. The molecule has 32 heavy (non-hydrogen) atoms. The van der Waals surface area contributed by atoms with Gasteiger partial charge in [0.25, 0.3) is 0 Å². The summed E-state index contributed by atoms with van der Waals surface area (Å²) >= 11 is 0. The second kappa shape index (κ2) is 7.75. The Morgan fingerprint density at radius 2 is 2.06 bits per heavy atom. The highest BCUT2D eigenvalue weighted by Crippen LogP contribution is 2.33. The number of rotatable bonds is 3. The number of fused-ring (bicyclic) bond motifs is 1. The van der Waals surface area contributed by atoms with Crippen LogP contribution in [-0.4, -0.2) is 40.2 Å². The largest absolute Gasteiger partial charge is 0.434 e. The molecule has 0 aliphatic carbocycles. The molecule has 1 unspecified atom stereocenters. The highest BCUT2D eigenvalue weighted by atomic mass is 32.2. The third-order valence-electron chi connectivity index (χ3n) is 5.50. The zero-order chi connectivity index (χ0) is 23.3. The maximum atomic E-state index is 13.2. The number of nitrogens with zero attached hydrogens (tertiary/aromatic N) is 5. The first-order valence-corrected chi connectivity index (χ1v) is 11.2. The number of nitriles is 1. The highest BCUT2D eigenvalue weighted by molar-refractivity contribution is 7.89. The average molecular weight is 464 g/mol. The van der Waals surface area contributed by atoms with E-state index >= 15 is 0 Å². The van der Waals surface area contributed by atoms with E-state index in [0.29, 0.717) is 30.5 Å². The van der Waals surface area contributed by atoms with Gasteiger partial charge < -0.3 is 5.73 Å². The van der Waals surface area contributed by atoms with Crippen LogP contribution in [0.1, 0.15) is 24.1 Å². The summed E-state index contributed by atoms with van der Waals surface area (Å²) in [7, 11) is -3.89. The van der Waals surface area contributed by atoms with Crippen LogP contribution in [-0.2, 0) is 16.2 Å². The summed E-state index contributed by atoms with van der Waals surface area (Å²) in [4.78, 5) is 7.44. The Morgan fingerprint density at radius 1 is 1.31 bits per heavy atom. The Bertz CT molecular complexity index is 1340. The van der Waals surface area contributed by atoms with Crippen molar-refractivity contribution in [3.05, 3.63) is 41.9 Å². The van der Waals surface area contributed by atoms with Crippen molar-refractivity contribution in [3.8, 4) is 17.3 Å². The Labute approximate surface area is 182 Å². The van der Waals surface area contributed by atoms with Crippen LogP contribution in [0, 0.1) is 24.2 Å². The summed E-state index contributed by atoms with van der Waals surface area (Å²) in [6.07, 6.45) is -1.37. The first kappa shape index (κ1) is 22.0. The molecule has 4 rings (SSSR count). The van der Waals surface area contributed by atoms with E-state index in [-0.39, 0.29) is 34.5 Å². The fourth-order valence-electron chi connectivity index (χ4n) is 3.80. The molecule has 3 aromatic rings. The topological polar surface area (TPSA) is 117 Å². The number of anilines is 1. The highest BCUT2D eigenvalue weighted by Gasteiger charge is 2.34. The normalized spacial score (nSPS) is 18.0. The zero-order valence-corrected chi connectivity index (χ0v) is 17.8. The van der Waals surface area contributed by atoms with E-state index in [1.807, 2.05) is 0 Å². The Balaban J connectivity index is 1.83. The second-order valence-electron chi connectivity index (χ2n) is 7.65. The van der Waals surface area contributed by atoms with Gasteiger partial charge in [-0.3, -0.25) is 4.40 Å². The molecular formula is C20H19F3N6O2S. The molecule has 0 bridgehead atoms. The van der Waals surface area contributed by atoms with Gasteiger partial charge in [-0.2, -0.15) is 22.7 Å². The number of benzene rings is 1. The van der Waals surface area contributed by atoms with Gasteiger partial charge in [0.05, 0.1) is 28.8 Å². The SMILES string of the molecule is Cc1ccc(S(=O)(=O)N2CCCC(C#N)C2)cc1-c1cnc2c(N)nc(C(F)(F)F)cn12. The number of halogens is 3. The Morgan fingerprint density at radius 3 is 2.75 bits per heavy atom. The van der Waals surface area contributed by atoms with Gasteiger partial charge in [0.1, 0.15) is 0 Å². The summed E-state index contributed by atoms with van der Waals surface area (Å²) in [6.45, 7) is 2.12. The van der Waals surface area contributed by atoms with Crippen molar-refractivity contribution < 1.29 is 21.6 Å². The Hall–Kier alpha value is -3.17. The average Bonchev–Trinajstić information content (AvgIpc) is 3.18. The molecule has 1 aromatic carbocycles. The molecule has 2 N–H and O–H groups in total. The van der Waals surface area contributed by atoms with Crippen molar-refractivity contribution in [2.24, 2.45) is 5.92 Å². The lowest BCUT2D eigenvalue weighted by Crippen LogP contribution is -2.39. The van der Waals surface area contributed by atoms with E-state index in [0.717, 1.165) is 10.6 Å². The predicted octanol–water partition coefficient (Wildman–Crippen LogP) is 3.23. The molecule has 1 atom stereocenters. The fourth-order valence-corrected chi connectivity index (χ4v) is 5.35. The summed E-state index contributed by atoms with van der Waals surface area (Å²) in [5.74, 6) is -0.762. The van der Waals surface area contributed by atoms with Crippen LogP contribution in [0.4, 0.5) is 19.0 Å². The zero-order valence-electron chi connectivity index (χ0n) is 17.0. The van der Waals surface area contributed by atoms with Crippen LogP contribution < -0.4 is 5.73 Å². The van der Waals surface area contributed by atoms with Crippen LogP contribution in [0.5, 0.6) is 0 Å². The molecule has 12 heteroatoms. The molecule has 1 saturated heterocycles. The number of aromatic nitrogens is 3. The monoisotopic (exact) mass is 464 g/mol. The molecule has 2 aromatic heterocycles. The van der Waals surface area contributed by atoms with E-state index in [1.54, 1.807) is 13.0 Å². The number of nitrogen functional groups attached to an aromatic ring is 1. The number of alkyl halides is 3. The predicted molar refractivity (Wildman–Crippen MR) is 110 cm³/mol. The quantitative estimate of drug-likeness (QED) is 0.636. The van der Waals surface area contributed by atoms with Gasteiger partial charge >= 0.3 is 6.18 Å². The lowest BCUT2D eigenvalue weighted by molar-refractivity contribution is -0.141. The van der Waals surface area contributed by atoms with E-state index in [9.17, 15) is 26.9 Å². The summed E-state index contributed by atoms with van der Waals surface area (Å²) in [5.41, 5.74) is 5.83. The van der Waals surface area contributed by atoms with Gasteiger partial charge in [-0.05, 0) is 37.5 Å². The van der Waals surface area contributed by atoms with E-state index in [2.05, 4.69) is 16.0 Å². The van der Waals surface area contributed by atoms with Gasteiger partial charge in [-0.1, -0.05) is 6.07 Å². The minimum atomic E-state index is -4.71. The number of piperidine rings is 1. The van der Waals surface area contributed by atoms with E-state index in [1.165, 1.54) is 22.6 Å². The van der Waals surface area contributed by atoms with Gasteiger partial charge in [0, 0.05) is 24.8 Å². The lowest BCUT2D eigenvalue weighted by atomic mass is 10.0. The number of nitrogens with two attached hydrogens (primary N) is 1.